The van der Waals surface area contributed by atoms with Crippen molar-refractivity contribution in [1.29, 1.82) is 0 Å². The Morgan fingerprint density at radius 2 is 1.81 bits per heavy atom. The Morgan fingerprint density at radius 3 is 2.48 bits per heavy atom. The molecule has 0 atom stereocenters. The van der Waals surface area contributed by atoms with Gasteiger partial charge in [0.1, 0.15) is 11.5 Å². The summed E-state index contributed by atoms with van der Waals surface area (Å²) in [5.41, 5.74) is -0.311. The van der Waals surface area contributed by atoms with Gasteiger partial charge in [-0.25, -0.2) is 0 Å². The standard InChI is InChI=1S/C21H13ClF3IN2O2S/c22-13-3-1-12(2-4-13)18-9-6-15(30-18)7-10-19(29)28-20(31)27-17-8-5-14(26)11-16(17)21(23,24)25/h1-11H,(H2,27,28,29,31). The van der Waals surface area contributed by atoms with E-state index < -0.39 is 17.6 Å². The fourth-order valence-electron chi connectivity index (χ4n) is 2.54. The SMILES string of the molecule is O=C(C=Cc1ccc(-c2ccc(Cl)cc2)o1)NC(=S)Nc1ccc(I)cc1C(F)(F)F. The summed E-state index contributed by atoms with van der Waals surface area (Å²) in [4.78, 5) is 12.1. The van der Waals surface area contributed by atoms with Gasteiger partial charge in [-0.15, -0.1) is 0 Å². The number of hydrogen-bond acceptors (Lipinski definition) is 3. The zero-order chi connectivity index (χ0) is 22.6. The van der Waals surface area contributed by atoms with Crippen LogP contribution in [0.4, 0.5) is 18.9 Å². The highest BCUT2D eigenvalue weighted by Gasteiger charge is 2.34. The minimum Gasteiger partial charge on any atom is -0.457 e. The van der Waals surface area contributed by atoms with Crippen LogP contribution < -0.4 is 10.6 Å². The first-order valence-corrected chi connectivity index (χ1v) is 10.5. The Labute approximate surface area is 199 Å². The third kappa shape index (κ3) is 6.55. The van der Waals surface area contributed by atoms with Crippen molar-refractivity contribution in [2.24, 2.45) is 0 Å². The summed E-state index contributed by atoms with van der Waals surface area (Å²) in [5, 5.41) is 5.06. The van der Waals surface area contributed by atoms with Gasteiger partial charge in [-0.3, -0.25) is 10.1 Å². The number of alkyl halides is 3. The van der Waals surface area contributed by atoms with Crippen LogP contribution in [0, 0.1) is 3.57 Å². The Hall–Kier alpha value is -2.37. The lowest BCUT2D eigenvalue weighted by Crippen LogP contribution is -2.33. The third-order valence-electron chi connectivity index (χ3n) is 3.93. The molecule has 2 N–H and O–H groups in total. The van der Waals surface area contributed by atoms with Gasteiger partial charge in [-0.1, -0.05) is 11.6 Å². The molecule has 0 aliphatic rings. The van der Waals surface area contributed by atoms with Crippen molar-refractivity contribution in [3.63, 3.8) is 0 Å². The molecule has 0 bridgehead atoms. The first kappa shape index (κ1) is 23.3. The molecule has 0 spiro atoms. The fourth-order valence-corrected chi connectivity index (χ4v) is 3.36. The molecule has 3 aromatic rings. The summed E-state index contributed by atoms with van der Waals surface area (Å²) in [5.74, 6) is 0.379. The molecule has 0 saturated carbocycles. The van der Waals surface area contributed by atoms with Crippen LogP contribution in [-0.2, 0) is 11.0 Å². The predicted molar refractivity (Wildman–Crippen MR) is 127 cm³/mol. The molecular formula is C21H13ClF3IN2O2S. The number of anilines is 1. The van der Waals surface area contributed by atoms with Crippen molar-refractivity contribution in [1.82, 2.24) is 5.32 Å². The minimum absolute atomic E-state index is 0.249. The van der Waals surface area contributed by atoms with Crippen LogP contribution in [0.15, 0.2) is 65.1 Å². The maximum Gasteiger partial charge on any atom is 0.418 e. The van der Waals surface area contributed by atoms with E-state index in [1.165, 1.54) is 18.2 Å². The Kier molecular flexibility index (Phi) is 7.39. The number of rotatable bonds is 4. The molecule has 10 heteroatoms. The average molecular weight is 577 g/mol. The largest absolute Gasteiger partial charge is 0.457 e. The number of hydrogen-bond donors (Lipinski definition) is 2. The number of amides is 1. The normalized spacial score (nSPS) is 11.5. The maximum atomic E-state index is 13.2. The minimum atomic E-state index is -4.57. The van der Waals surface area contributed by atoms with E-state index in [2.05, 4.69) is 10.6 Å². The molecule has 0 radical (unpaired) electrons. The lowest BCUT2D eigenvalue weighted by atomic mass is 10.1. The summed E-state index contributed by atoms with van der Waals surface area (Å²) < 4.78 is 45.6. The van der Waals surface area contributed by atoms with Crippen LogP contribution in [0.25, 0.3) is 17.4 Å². The molecule has 1 aromatic heterocycles. The zero-order valence-electron chi connectivity index (χ0n) is 15.5. The van der Waals surface area contributed by atoms with Crippen molar-refractivity contribution >= 4 is 69.2 Å². The first-order valence-electron chi connectivity index (χ1n) is 8.64. The predicted octanol–water partition coefficient (Wildman–Crippen LogP) is 6.75. The molecule has 160 valence electrons. The van der Waals surface area contributed by atoms with Gasteiger partial charge >= 0.3 is 6.18 Å². The van der Waals surface area contributed by atoms with Crippen LogP contribution in [0.1, 0.15) is 11.3 Å². The van der Waals surface area contributed by atoms with Crippen LogP contribution >= 0.6 is 46.4 Å². The number of halogens is 5. The molecule has 1 heterocycles. The third-order valence-corrected chi connectivity index (χ3v) is 5.05. The summed E-state index contributed by atoms with van der Waals surface area (Å²) in [6.45, 7) is 0. The van der Waals surface area contributed by atoms with Crippen LogP contribution in [0.2, 0.25) is 5.02 Å². The zero-order valence-corrected chi connectivity index (χ0v) is 19.2. The monoisotopic (exact) mass is 576 g/mol. The van der Waals surface area contributed by atoms with E-state index in [0.29, 0.717) is 20.1 Å². The summed E-state index contributed by atoms with van der Waals surface area (Å²) in [6, 6.07) is 14.2. The number of furan rings is 1. The molecule has 0 aliphatic carbocycles. The van der Waals surface area contributed by atoms with Gasteiger partial charge in [0, 0.05) is 20.2 Å². The number of carbonyl (C=O) groups is 1. The second kappa shape index (κ2) is 9.84. The number of nitrogens with one attached hydrogen (secondary N) is 2. The molecule has 0 unspecified atom stereocenters. The van der Waals surface area contributed by atoms with E-state index in [-0.39, 0.29) is 10.8 Å². The van der Waals surface area contributed by atoms with Gasteiger partial charge in [-0.2, -0.15) is 13.2 Å². The molecule has 0 fully saturated rings. The quantitative estimate of drug-likeness (QED) is 0.205. The number of carbonyl (C=O) groups excluding carboxylic acids is 1. The van der Waals surface area contributed by atoms with Crippen LogP contribution in [0.3, 0.4) is 0 Å². The highest BCUT2D eigenvalue weighted by Crippen LogP contribution is 2.35. The average Bonchev–Trinajstić information content (AvgIpc) is 3.16. The Balaban J connectivity index is 1.62. The lowest BCUT2D eigenvalue weighted by molar-refractivity contribution is -0.137. The Bertz CT molecular complexity index is 1140. The topological polar surface area (TPSA) is 54.3 Å². The van der Waals surface area contributed by atoms with E-state index >= 15 is 0 Å². The molecule has 3 rings (SSSR count). The van der Waals surface area contributed by atoms with Crippen LogP contribution in [-0.4, -0.2) is 11.0 Å². The van der Waals surface area contributed by atoms with Crippen molar-refractivity contribution < 1.29 is 22.4 Å². The van der Waals surface area contributed by atoms with Gasteiger partial charge in [0.25, 0.3) is 0 Å². The highest BCUT2D eigenvalue weighted by atomic mass is 127. The molecule has 0 aliphatic heterocycles. The van der Waals surface area contributed by atoms with E-state index in [1.54, 1.807) is 59.0 Å². The molecular weight excluding hydrogens is 564 g/mol. The molecule has 4 nitrogen and oxygen atoms in total. The summed E-state index contributed by atoms with van der Waals surface area (Å²) in [6.07, 6.45) is -1.98. The van der Waals surface area contributed by atoms with Gasteiger partial charge in [0.15, 0.2) is 5.11 Å². The fraction of sp³-hybridized carbons (Fsp3) is 0.0476. The first-order chi connectivity index (χ1) is 14.6. The maximum absolute atomic E-state index is 13.2. The van der Waals surface area contributed by atoms with E-state index in [4.69, 9.17) is 28.2 Å². The van der Waals surface area contributed by atoms with Gasteiger partial charge < -0.3 is 9.73 Å². The van der Waals surface area contributed by atoms with E-state index in [9.17, 15) is 18.0 Å². The second-order valence-electron chi connectivity index (χ2n) is 6.17. The smallest absolute Gasteiger partial charge is 0.418 e. The number of thiocarbonyl (C=S) groups is 1. The van der Waals surface area contributed by atoms with Crippen molar-refractivity contribution in [3.8, 4) is 11.3 Å². The van der Waals surface area contributed by atoms with E-state index in [0.717, 1.165) is 17.7 Å². The highest BCUT2D eigenvalue weighted by molar-refractivity contribution is 14.1. The molecule has 0 saturated heterocycles. The molecule has 2 aromatic carbocycles. The summed E-state index contributed by atoms with van der Waals surface area (Å²) in [7, 11) is 0. The van der Waals surface area contributed by atoms with Crippen molar-refractivity contribution in [2.75, 3.05) is 5.32 Å². The molecule has 1 amide bonds. The van der Waals surface area contributed by atoms with Crippen LogP contribution in [0.5, 0.6) is 0 Å². The van der Waals surface area contributed by atoms with Crippen molar-refractivity contribution in [2.45, 2.75) is 6.18 Å². The lowest BCUT2D eigenvalue weighted by Gasteiger charge is -2.15. The second-order valence-corrected chi connectivity index (χ2v) is 8.26. The molecule has 31 heavy (non-hydrogen) atoms. The van der Waals surface area contributed by atoms with Gasteiger partial charge in [0.2, 0.25) is 5.91 Å². The van der Waals surface area contributed by atoms with Crippen molar-refractivity contribution in [3.05, 3.63) is 80.6 Å². The Morgan fingerprint density at radius 1 is 1.10 bits per heavy atom. The number of benzene rings is 2. The van der Waals surface area contributed by atoms with Gasteiger partial charge in [-0.05, 0) is 95.5 Å². The summed E-state index contributed by atoms with van der Waals surface area (Å²) >= 11 is 12.6. The van der Waals surface area contributed by atoms with E-state index in [1.807, 2.05) is 0 Å². The van der Waals surface area contributed by atoms with Gasteiger partial charge in [0.05, 0.1) is 11.3 Å².